The fraction of sp³-hybridized carbons (Fsp3) is 0.386. The van der Waals surface area contributed by atoms with Crippen molar-refractivity contribution in [3.63, 3.8) is 0 Å². The normalized spacial score (nSPS) is 18.4. The number of amides is 2. The molecule has 5 atom stereocenters. The van der Waals surface area contributed by atoms with E-state index in [0.29, 0.717) is 29.9 Å². The Morgan fingerprint density at radius 1 is 0.986 bits per heavy atom. The number of aromatic amines is 1. The second-order valence-electron chi connectivity index (χ2n) is 16.5. The average Bonchev–Trinajstić information content (AvgIpc) is 3.63. The van der Waals surface area contributed by atoms with Crippen LogP contribution in [0.15, 0.2) is 79.8 Å². The maximum absolute atomic E-state index is 14.2. The molecule has 2 aromatic carbocycles. The Labute approximate surface area is 395 Å². The lowest BCUT2D eigenvalue weighted by Gasteiger charge is -2.22. The molecule has 2 heterocycles. The first-order valence-electron chi connectivity index (χ1n) is 21.9. The van der Waals surface area contributed by atoms with Crippen LogP contribution in [-0.4, -0.2) is 96.9 Å². The maximum Gasteiger partial charge on any atom is 0.490 e. The minimum absolute atomic E-state index is 0.0125. The Morgan fingerprint density at radius 3 is 2.43 bits per heavy atom. The van der Waals surface area contributed by atoms with Crippen LogP contribution in [0.2, 0.25) is 0 Å². The van der Waals surface area contributed by atoms with Crippen molar-refractivity contribution >= 4 is 58.0 Å². The predicted octanol–water partition coefficient (Wildman–Crippen LogP) is 5.36. The molecule has 1 fully saturated rings. The van der Waals surface area contributed by atoms with E-state index in [9.17, 15) is 47.8 Å². The Balaban J connectivity index is 1.07. The topological polar surface area (TPSA) is 322 Å². The SMILES string of the molecule is CC/N=c1\cc2oc3cc(NCC)c(C)cc3c(-c3ccccc3C(=O)N(C)CCCC(=O)NC/C=C/c3cn([C@@H]4C[C@H](COP(=O)(O)OP(=O)(O)OP(=O)(O)O)[C@@H](O)C4)c(=O)[nH]c3=O)c-2cc1C. The molecule has 0 spiro atoms. The number of nitrogens with zero attached hydrogens (tertiary/aromatic N) is 3. The highest BCUT2D eigenvalue weighted by molar-refractivity contribution is 7.66. The van der Waals surface area contributed by atoms with Crippen LogP contribution in [0, 0.1) is 19.8 Å². The number of anilines is 1. The van der Waals surface area contributed by atoms with Crippen molar-refractivity contribution in [2.45, 2.75) is 65.5 Å². The number of phosphoric acid groups is 3. The van der Waals surface area contributed by atoms with Gasteiger partial charge >= 0.3 is 29.2 Å². The fourth-order valence-corrected chi connectivity index (χ4v) is 11.3. The third kappa shape index (κ3) is 13.5. The lowest BCUT2D eigenvalue weighted by Crippen LogP contribution is -2.33. The number of hydrogen-bond acceptors (Lipinski definition) is 14. The van der Waals surface area contributed by atoms with Gasteiger partial charge in [0.2, 0.25) is 5.91 Å². The number of rotatable bonds is 20. The van der Waals surface area contributed by atoms with Gasteiger partial charge in [-0.05, 0) is 81.8 Å². The number of aryl methyl sites for hydroxylation is 2. The number of aliphatic hydroxyl groups is 1. The molecule has 22 nitrogen and oxygen atoms in total. The summed E-state index contributed by atoms with van der Waals surface area (Å²) >= 11 is 0. The molecule has 25 heteroatoms. The van der Waals surface area contributed by atoms with Crippen LogP contribution in [0.1, 0.15) is 72.6 Å². The van der Waals surface area contributed by atoms with Gasteiger partial charge in [-0.3, -0.25) is 33.5 Å². The van der Waals surface area contributed by atoms with Gasteiger partial charge in [-0.15, -0.1) is 0 Å². The van der Waals surface area contributed by atoms with Crippen LogP contribution < -0.4 is 27.2 Å². The summed E-state index contributed by atoms with van der Waals surface area (Å²) in [6, 6.07) is 14.7. The van der Waals surface area contributed by atoms with Gasteiger partial charge < -0.3 is 44.6 Å². The van der Waals surface area contributed by atoms with Crippen molar-refractivity contribution < 1.29 is 65.5 Å². The van der Waals surface area contributed by atoms with E-state index in [1.807, 2.05) is 64.1 Å². The number of carbonyl (C=O) groups is 2. The number of nitrogens with one attached hydrogen (secondary N) is 3. The number of benzene rings is 3. The smallest absolute Gasteiger partial charge is 0.456 e. The maximum atomic E-state index is 14.2. The summed E-state index contributed by atoms with van der Waals surface area (Å²) in [5, 5.41) is 18.4. The zero-order valence-corrected chi connectivity index (χ0v) is 41.0. The highest BCUT2D eigenvalue weighted by Crippen LogP contribution is 2.66. The van der Waals surface area contributed by atoms with Gasteiger partial charge in [-0.25, -0.2) is 18.5 Å². The van der Waals surface area contributed by atoms with Crippen molar-refractivity contribution in [3.05, 3.63) is 109 Å². The molecule has 1 saturated carbocycles. The van der Waals surface area contributed by atoms with Crippen molar-refractivity contribution in [2.75, 3.05) is 45.2 Å². The highest BCUT2D eigenvalue weighted by Gasteiger charge is 2.42. The van der Waals surface area contributed by atoms with Gasteiger partial charge in [0.25, 0.3) is 11.5 Å². The van der Waals surface area contributed by atoms with Crippen LogP contribution in [0.5, 0.6) is 0 Å². The molecular formula is C44H55N6O16P3. The standard InChI is InChI=1S/C44H55N6O16P3/c1-6-45-35-22-38-33(18-26(35)3)41(34-19-27(4)36(46-7-2)23-39(34)64-38)31-13-8-9-14-32(31)43(54)49(5)17-11-15-40(52)47-16-10-12-28-24-50(44(55)48-42(28)53)30-20-29(37(51)21-30)25-63-68(59,60)66-69(61,62)65-67(56,57)58/h8-10,12-14,18-19,22-24,29-30,37,45,51H,6-7,11,15-17,20-21,25H2,1-5H3,(H,47,52)(H,59,60)(H,61,62)(H,48,53,55)(H2,56,57,58)/b12-10+,46-36+/t29-,30-,37+/m1/s1. The van der Waals surface area contributed by atoms with E-state index in [2.05, 4.69) is 39.8 Å². The Kier molecular flexibility index (Phi) is 17.0. The monoisotopic (exact) mass is 1020 g/mol. The van der Waals surface area contributed by atoms with E-state index in [-0.39, 0.29) is 49.7 Å². The zero-order valence-electron chi connectivity index (χ0n) is 38.4. The summed E-state index contributed by atoms with van der Waals surface area (Å²) in [7, 11) is -15.1. The molecular weight excluding hydrogens is 961 g/mol. The van der Waals surface area contributed by atoms with E-state index in [0.717, 1.165) is 55.4 Å². The molecule has 6 rings (SSSR count). The Bertz CT molecular complexity index is 3070. The summed E-state index contributed by atoms with van der Waals surface area (Å²) in [6.45, 7) is 8.88. The first-order valence-corrected chi connectivity index (χ1v) is 26.4. The number of H-pyrrole nitrogens is 1. The molecule has 69 heavy (non-hydrogen) atoms. The number of fused-ring (bicyclic) bond motifs is 2. The van der Waals surface area contributed by atoms with Crippen LogP contribution in [-0.2, 0) is 31.6 Å². The molecule has 0 saturated heterocycles. The van der Waals surface area contributed by atoms with Crippen LogP contribution in [0.25, 0.3) is 39.5 Å². The second kappa shape index (κ2) is 22.2. The van der Waals surface area contributed by atoms with Crippen LogP contribution in [0.4, 0.5) is 5.69 Å². The molecule has 8 N–H and O–H groups in total. The van der Waals surface area contributed by atoms with Gasteiger partial charge in [0.15, 0.2) is 0 Å². The molecule has 2 unspecified atom stereocenters. The summed E-state index contributed by atoms with van der Waals surface area (Å²) in [5.41, 5.74) is 4.96. The van der Waals surface area contributed by atoms with Gasteiger partial charge in [0, 0.05) is 97.7 Å². The largest absolute Gasteiger partial charge is 0.490 e. The van der Waals surface area contributed by atoms with E-state index >= 15 is 0 Å². The molecule has 2 amide bonds. The van der Waals surface area contributed by atoms with E-state index in [1.54, 1.807) is 18.0 Å². The van der Waals surface area contributed by atoms with E-state index in [1.165, 1.54) is 18.3 Å². The summed E-state index contributed by atoms with van der Waals surface area (Å²) in [6.07, 6.45) is 3.20. The first-order chi connectivity index (χ1) is 32.5. The lowest BCUT2D eigenvalue weighted by atomic mass is 9.89. The summed E-state index contributed by atoms with van der Waals surface area (Å²) in [5.74, 6) is -0.848. The Morgan fingerprint density at radius 2 is 1.72 bits per heavy atom. The minimum atomic E-state index is -5.75. The second-order valence-corrected chi connectivity index (χ2v) is 20.9. The number of phosphoric ester groups is 1. The van der Waals surface area contributed by atoms with Crippen molar-refractivity contribution in [2.24, 2.45) is 10.9 Å². The van der Waals surface area contributed by atoms with Gasteiger partial charge in [0.05, 0.1) is 23.6 Å². The van der Waals surface area contributed by atoms with E-state index < -0.39 is 59.4 Å². The molecule has 0 bridgehead atoms. The summed E-state index contributed by atoms with van der Waals surface area (Å²) < 4.78 is 54.4. The number of carbonyl (C=O) groups excluding carboxylic acids is 2. The summed E-state index contributed by atoms with van der Waals surface area (Å²) in [4.78, 5) is 97.5. The lowest BCUT2D eigenvalue weighted by molar-refractivity contribution is -0.121. The zero-order chi connectivity index (χ0) is 50.4. The quantitative estimate of drug-likeness (QED) is 0.0359. The highest BCUT2D eigenvalue weighted by atomic mass is 31.3. The predicted molar refractivity (Wildman–Crippen MR) is 255 cm³/mol. The van der Waals surface area contributed by atoms with E-state index in [4.69, 9.17) is 14.2 Å². The van der Waals surface area contributed by atoms with Gasteiger partial charge in [0.1, 0.15) is 11.3 Å². The number of aliphatic hydroxyl groups excluding tert-OH is 1. The molecule has 372 valence electrons. The Hall–Kier alpha value is -5.34. The molecule has 3 aliphatic rings. The van der Waals surface area contributed by atoms with Gasteiger partial charge in [-0.1, -0.05) is 30.4 Å². The van der Waals surface area contributed by atoms with Gasteiger partial charge in [-0.2, -0.15) is 8.62 Å². The minimum Gasteiger partial charge on any atom is -0.456 e. The molecule has 0 radical (unpaired) electrons. The third-order valence-electron chi connectivity index (χ3n) is 11.4. The molecule has 1 aromatic heterocycles. The van der Waals surface area contributed by atoms with Crippen molar-refractivity contribution in [1.82, 2.24) is 19.8 Å². The third-order valence-corrected chi connectivity index (χ3v) is 15.2. The van der Waals surface area contributed by atoms with Crippen LogP contribution >= 0.6 is 23.5 Å². The number of hydrogen-bond donors (Lipinski definition) is 8. The van der Waals surface area contributed by atoms with Crippen molar-refractivity contribution in [3.8, 4) is 22.5 Å². The molecule has 1 aliphatic heterocycles. The average molecular weight is 1020 g/mol. The molecule has 2 aliphatic carbocycles. The number of aromatic nitrogens is 2. The fourth-order valence-electron chi connectivity index (χ4n) is 8.18. The first kappa shape index (κ1) is 53.0. The molecule has 3 aromatic rings. The van der Waals surface area contributed by atoms with Crippen LogP contribution in [0.3, 0.4) is 0 Å². The van der Waals surface area contributed by atoms with Crippen molar-refractivity contribution in [1.29, 1.82) is 0 Å².